The number of hydrogen-bond donors (Lipinski definition) is 1. The largest absolute Gasteiger partial charge is 0.484 e. The highest BCUT2D eigenvalue weighted by atomic mass is 19.4. The van der Waals surface area contributed by atoms with Crippen molar-refractivity contribution >= 4 is 12.1 Å². The Morgan fingerprint density at radius 2 is 1.88 bits per heavy atom. The first-order valence-corrected chi connectivity index (χ1v) is 9.85. The minimum Gasteiger partial charge on any atom is -0.484 e. The molecule has 3 aromatic rings. The van der Waals surface area contributed by atoms with Crippen LogP contribution in [0, 0.1) is 20.8 Å². The number of rotatable bonds is 7. The second kappa shape index (κ2) is 9.67. The van der Waals surface area contributed by atoms with E-state index < -0.39 is 24.3 Å². The van der Waals surface area contributed by atoms with Gasteiger partial charge in [0.25, 0.3) is 5.91 Å². The van der Waals surface area contributed by atoms with Crippen molar-refractivity contribution in [1.82, 2.24) is 15.2 Å². The molecule has 1 heterocycles. The molecule has 0 bridgehead atoms. The van der Waals surface area contributed by atoms with Crippen LogP contribution in [-0.2, 0) is 17.5 Å². The third-order valence-corrected chi connectivity index (χ3v) is 4.80. The second-order valence-corrected chi connectivity index (χ2v) is 7.34. The van der Waals surface area contributed by atoms with E-state index in [9.17, 15) is 18.0 Å². The van der Waals surface area contributed by atoms with E-state index in [0.29, 0.717) is 6.54 Å². The number of ether oxygens (including phenoxy) is 1. The van der Waals surface area contributed by atoms with Crippen molar-refractivity contribution in [2.24, 2.45) is 5.10 Å². The monoisotopic (exact) mass is 444 g/mol. The Hall–Kier alpha value is -3.62. The van der Waals surface area contributed by atoms with Crippen molar-refractivity contribution < 1.29 is 22.7 Å². The summed E-state index contributed by atoms with van der Waals surface area (Å²) in [6, 6.07) is 12.5. The molecule has 0 saturated heterocycles. The van der Waals surface area contributed by atoms with Crippen LogP contribution in [0.5, 0.6) is 5.75 Å². The molecule has 0 aliphatic rings. The number of carbonyl (C=O) groups excluding carboxylic acids is 1. The van der Waals surface area contributed by atoms with Gasteiger partial charge in [-0.1, -0.05) is 35.9 Å². The first-order valence-electron chi connectivity index (χ1n) is 9.85. The average Bonchev–Trinajstić information content (AvgIpc) is 3.01. The van der Waals surface area contributed by atoms with Gasteiger partial charge in [-0.2, -0.15) is 23.4 Å². The van der Waals surface area contributed by atoms with Crippen LogP contribution in [0.1, 0.15) is 33.6 Å². The van der Waals surface area contributed by atoms with Crippen molar-refractivity contribution in [2.75, 3.05) is 6.61 Å². The molecule has 0 aliphatic heterocycles. The molecular formula is C23H23F3N4O2. The molecule has 0 aliphatic carbocycles. The fraction of sp³-hybridized carbons (Fsp3) is 0.261. The van der Waals surface area contributed by atoms with Crippen molar-refractivity contribution in [3.63, 3.8) is 0 Å². The number of amides is 1. The molecule has 0 saturated carbocycles. The van der Waals surface area contributed by atoms with E-state index in [2.05, 4.69) is 15.6 Å². The zero-order valence-electron chi connectivity index (χ0n) is 17.9. The molecule has 1 N–H and O–H groups in total. The maximum Gasteiger partial charge on any atom is 0.416 e. The molecular weight excluding hydrogens is 421 g/mol. The summed E-state index contributed by atoms with van der Waals surface area (Å²) in [6.45, 7) is 5.93. The Labute approximate surface area is 183 Å². The minimum atomic E-state index is -4.48. The summed E-state index contributed by atoms with van der Waals surface area (Å²) in [5.41, 5.74) is 6.19. The standard InChI is InChI=1S/C23H23F3N4O2/c1-15-7-9-18(10-8-15)13-30-17(3)21(16(2)29-30)12-27-28-22(31)14-32-20-6-4-5-19(11-20)23(24,25)26/h4-12H,13-14H2,1-3H3,(H,28,31)/b27-12+. The van der Waals surface area contributed by atoms with Crippen LogP contribution in [0.15, 0.2) is 53.6 Å². The molecule has 0 atom stereocenters. The lowest BCUT2D eigenvalue weighted by atomic mass is 10.1. The van der Waals surface area contributed by atoms with Crippen molar-refractivity contribution in [3.05, 3.63) is 82.2 Å². The Morgan fingerprint density at radius 3 is 2.56 bits per heavy atom. The molecule has 2 aromatic carbocycles. The molecule has 168 valence electrons. The molecule has 9 heteroatoms. The number of carbonyl (C=O) groups is 1. The van der Waals surface area contributed by atoms with Gasteiger partial charge in [0.15, 0.2) is 6.61 Å². The number of benzene rings is 2. The van der Waals surface area contributed by atoms with Crippen LogP contribution in [0.2, 0.25) is 0 Å². The van der Waals surface area contributed by atoms with Crippen LogP contribution in [0.25, 0.3) is 0 Å². The lowest BCUT2D eigenvalue weighted by molar-refractivity contribution is -0.137. The molecule has 1 aromatic heterocycles. The van der Waals surface area contributed by atoms with E-state index in [1.165, 1.54) is 23.9 Å². The lowest BCUT2D eigenvalue weighted by Gasteiger charge is -2.09. The average molecular weight is 444 g/mol. The fourth-order valence-corrected chi connectivity index (χ4v) is 3.03. The summed E-state index contributed by atoms with van der Waals surface area (Å²) in [6.07, 6.45) is -2.99. The zero-order valence-corrected chi connectivity index (χ0v) is 17.9. The number of halogens is 3. The number of aromatic nitrogens is 2. The number of nitrogens with zero attached hydrogens (tertiary/aromatic N) is 3. The maximum absolute atomic E-state index is 12.7. The Bertz CT molecular complexity index is 1120. The van der Waals surface area contributed by atoms with Gasteiger partial charge in [0.1, 0.15) is 5.75 Å². The molecule has 3 rings (SSSR count). The molecule has 6 nitrogen and oxygen atoms in total. The number of hydrogen-bond acceptors (Lipinski definition) is 4. The maximum atomic E-state index is 12.7. The normalized spacial score (nSPS) is 11.7. The Morgan fingerprint density at radius 1 is 1.16 bits per heavy atom. The quantitative estimate of drug-likeness (QED) is 0.434. The van der Waals surface area contributed by atoms with Crippen LogP contribution >= 0.6 is 0 Å². The number of hydrazone groups is 1. The van der Waals surface area contributed by atoms with Crippen LogP contribution in [0.3, 0.4) is 0 Å². The topological polar surface area (TPSA) is 68.5 Å². The van der Waals surface area contributed by atoms with Crippen molar-refractivity contribution in [3.8, 4) is 5.75 Å². The second-order valence-electron chi connectivity index (χ2n) is 7.34. The van der Waals surface area contributed by atoms with Gasteiger partial charge >= 0.3 is 6.18 Å². The van der Waals surface area contributed by atoms with Crippen LogP contribution in [-0.4, -0.2) is 28.5 Å². The Balaban J connectivity index is 1.57. The van der Waals surface area contributed by atoms with Crippen molar-refractivity contribution in [1.29, 1.82) is 0 Å². The van der Waals surface area contributed by atoms with E-state index in [4.69, 9.17) is 4.74 Å². The number of nitrogens with one attached hydrogen (secondary N) is 1. The lowest BCUT2D eigenvalue weighted by Crippen LogP contribution is -2.24. The SMILES string of the molecule is Cc1ccc(Cn2nc(C)c(/C=N/NC(=O)COc3cccc(C(F)(F)F)c3)c2C)cc1. The Kier molecular flexibility index (Phi) is 6.97. The highest BCUT2D eigenvalue weighted by Crippen LogP contribution is 2.31. The molecule has 0 radical (unpaired) electrons. The summed E-state index contributed by atoms with van der Waals surface area (Å²) in [4.78, 5) is 11.9. The zero-order chi connectivity index (χ0) is 23.3. The van der Waals surface area contributed by atoms with Gasteiger partial charge in [0.2, 0.25) is 0 Å². The van der Waals surface area contributed by atoms with Gasteiger partial charge < -0.3 is 4.74 Å². The van der Waals surface area contributed by atoms with Gasteiger partial charge in [-0.15, -0.1) is 0 Å². The smallest absolute Gasteiger partial charge is 0.416 e. The first kappa shape index (κ1) is 23.1. The van der Waals surface area contributed by atoms with Gasteiger partial charge in [-0.3, -0.25) is 9.48 Å². The number of alkyl halides is 3. The van der Waals surface area contributed by atoms with Crippen molar-refractivity contribution in [2.45, 2.75) is 33.5 Å². The molecule has 0 fully saturated rings. The minimum absolute atomic E-state index is 0.0528. The molecule has 32 heavy (non-hydrogen) atoms. The summed E-state index contributed by atoms with van der Waals surface area (Å²) < 4.78 is 45.2. The van der Waals surface area contributed by atoms with E-state index in [1.807, 2.05) is 49.7 Å². The fourth-order valence-electron chi connectivity index (χ4n) is 3.03. The van der Waals surface area contributed by atoms with Crippen LogP contribution in [0.4, 0.5) is 13.2 Å². The third-order valence-electron chi connectivity index (χ3n) is 4.80. The molecule has 1 amide bonds. The van der Waals surface area contributed by atoms with E-state index in [1.54, 1.807) is 0 Å². The van der Waals surface area contributed by atoms with E-state index >= 15 is 0 Å². The highest BCUT2D eigenvalue weighted by molar-refractivity contribution is 5.84. The summed E-state index contributed by atoms with van der Waals surface area (Å²) in [5.74, 6) is -0.649. The molecule has 0 spiro atoms. The van der Waals surface area contributed by atoms with E-state index in [0.717, 1.165) is 34.6 Å². The van der Waals surface area contributed by atoms with E-state index in [-0.39, 0.29) is 5.75 Å². The van der Waals surface area contributed by atoms with Gasteiger partial charge in [-0.25, -0.2) is 5.43 Å². The first-order chi connectivity index (χ1) is 15.1. The summed E-state index contributed by atoms with van der Waals surface area (Å²) >= 11 is 0. The predicted molar refractivity (Wildman–Crippen MR) is 115 cm³/mol. The summed E-state index contributed by atoms with van der Waals surface area (Å²) in [7, 11) is 0. The van der Waals surface area contributed by atoms with Gasteiger partial charge in [0.05, 0.1) is 24.0 Å². The number of aryl methyl sites for hydroxylation is 2. The molecule has 0 unspecified atom stereocenters. The predicted octanol–water partition coefficient (Wildman–Crippen LogP) is 4.40. The van der Waals surface area contributed by atoms with Gasteiger partial charge in [0, 0.05) is 11.3 Å². The van der Waals surface area contributed by atoms with Gasteiger partial charge in [-0.05, 0) is 44.5 Å². The highest BCUT2D eigenvalue weighted by Gasteiger charge is 2.30. The van der Waals surface area contributed by atoms with Crippen LogP contribution < -0.4 is 10.2 Å². The third kappa shape index (κ3) is 5.96. The summed E-state index contributed by atoms with van der Waals surface area (Å²) in [5, 5.41) is 8.45.